The molecule has 1 aromatic heterocycles. The Kier molecular flexibility index (Phi) is 6.39. The van der Waals surface area contributed by atoms with Crippen LogP contribution in [0.2, 0.25) is 0 Å². The summed E-state index contributed by atoms with van der Waals surface area (Å²) in [6.45, 7) is 5.21. The minimum atomic E-state index is -0.172. The lowest BCUT2D eigenvalue weighted by Crippen LogP contribution is -2.41. The number of hydrogen-bond donors (Lipinski definition) is 0. The third-order valence-electron chi connectivity index (χ3n) is 4.98. The smallest absolute Gasteiger partial charge is 0.309 e. The Morgan fingerprint density at radius 3 is 2.68 bits per heavy atom. The van der Waals surface area contributed by atoms with Crippen molar-refractivity contribution in [3.8, 4) is 0 Å². The van der Waals surface area contributed by atoms with Gasteiger partial charge in [0.25, 0.3) is 5.56 Å². The molecular weight excluding hydrogens is 378 g/mol. The van der Waals surface area contributed by atoms with E-state index < -0.39 is 0 Å². The Labute approximate surface area is 168 Å². The molecule has 1 saturated heterocycles. The lowest BCUT2D eigenvalue weighted by molar-refractivity contribution is -0.151. The van der Waals surface area contributed by atoms with Gasteiger partial charge in [0, 0.05) is 20.1 Å². The number of likely N-dealkylation sites (tertiary alicyclic amines) is 1. The minimum absolute atomic E-state index is 0.00874. The molecule has 1 aromatic carbocycles. The van der Waals surface area contributed by atoms with Gasteiger partial charge in [0.2, 0.25) is 5.91 Å². The average molecular weight is 404 g/mol. The number of carbonyl (C=O) groups is 2. The van der Waals surface area contributed by atoms with Crippen molar-refractivity contribution in [2.24, 2.45) is 13.0 Å². The van der Waals surface area contributed by atoms with Gasteiger partial charge >= 0.3 is 5.97 Å². The van der Waals surface area contributed by atoms with E-state index in [4.69, 9.17) is 4.74 Å². The van der Waals surface area contributed by atoms with Crippen LogP contribution in [0.4, 0.5) is 0 Å². The largest absolute Gasteiger partial charge is 0.466 e. The predicted molar refractivity (Wildman–Crippen MR) is 108 cm³/mol. The summed E-state index contributed by atoms with van der Waals surface area (Å²) < 4.78 is 6.55. The van der Waals surface area contributed by atoms with Gasteiger partial charge in [-0.1, -0.05) is 23.4 Å². The Morgan fingerprint density at radius 1 is 1.29 bits per heavy atom. The van der Waals surface area contributed by atoms with Crippen molar-refractivity contribution in [1.82, 2.24) is 14.5 Å². The molecule has 150 valence electrons. The third kappa shape index (κ3) is 4.38. The van der Waals surface area contributed by atoms with Crippen molar-refractivity contribution in [2.45, 2.75) is 31.8 Å². The van der Waals surface area contributed by atoms with Crippen LogP contribution in [-0.2, 0) is 21.4 Å². The first-order valence-electron chi connectivity index (χ1n) is 9.45. The molecule has 7 nitrogen and oxygen atoms in total. The van der Waals surface area contributed by atoms with E-state index in [0.717, 1.165) is 5.56 Å². The second kappa shape index (κ2) is 8.77. The maximum atomic E-state index is 12.6. The molecule has 0 bridgehead atoms. The summed E-state index contributed by atoms with van der Waals surface area (Å²) in [7, 11) is 1.68. The Bertz CT molecular complexity index is 948. The van der Waals surface area contributed by atoms with Crippen LogP contribution in [0.5, 0.6) is 0 Å². The van der Waals surface area contributed by atoms with Crippen LogP contribution >= 0.6 is 11.8 Å². The molecule has 0 radical (unpaired) electrons. The van der Waals surface area contributed by atoms with Gasteiger partial charge in [0.05, 0.1) is 29.2 Å². The third-order valence-corrected chi connectivity index (χ3v) is 6.00. The van der Waals surface area contributed by atoms with Gasteiger partial charge in [-0.05, 0) is 38.8 Å². The summed E-state index contributed by atoms with van der Waals surface area (Å²) >= 11 is 1.27. The topological polar surface area (TPSA) is 81.5 Å². The van der Waals surface area contributed by atoms with Gasteiger partial charge < -0.3 is 9.64 Å². The molecule has 2 aromatic rings. The van der Waals surface area contributed by atoms with Crippen LogP contribution in [0, 0.1) is 12.8 Å². The fourth-order valence-corrected chi connectivity index (χ4v) is 4.21. The van der Waals surface area contributed by atoms with Crippen molar-refractivity contribution in [3.05, 3.63) is 34.1 Å². The number of fused-ring (bicyclic) bond motifs is 1. The number of amides is 1. The number of rotatable bonds is 5. The molecule has 1 aliphatic heterocycles. The summed E-state index contributed by atoms with van der Waals surface area (Å²) in [4.78, 5) is 43.2. The summed E-state index contributed by atoms with van der Waals surface area (Å²) in [5, 5.41) is 1.11. The van der Waals surface area contributed by atoms with Crippen LogP contribution in [0.1, 0.15) is 25.3 Å². The maximum Gasteiger partial charge on any atom is 0.309 e. The molecule has 0 N–H and O–H groups in total. The first kappa shape index (κ1) is 20.4. The summed E-state index contributed by atoms with van der Waals surface area (Å²) in [5.74, 6) is -0.0925. The lowest BCUT2D eigenvalue weighted by atomic mass is 9.97. The fourth-order valence-electron chi connectivity index (χ4n) is 3.34. The molecule has 1 aliphatic rings. The maximum absolute atomic E-state index is 12.6. The first-order valence-corrected chi connectivity index (χ1v) is 10.4. The van der Waals surface area contributed by atoms with Crippen LogP contribution in [0.15, 0.2) is 28.2 Å². The zero-order valence-corrected chi connectivity index (χ0v) is 17.3. The number of thioether (sulfide) groups is 1. The van der Waals surface area contributed by atoms with E-state index in [2.05, 4.69) is 4.98 Å². The number of piperidine rings is 1. The molecule has 8 heteroatoms. The molecule has 28 heavy (non-hydrogen) atoms. The van der Waals surface area contributed by atoms with Crippen LogP contribution in [-0.4, -0.2) is 51.8 Å². The number of carbonyl (C=O) groups excluding carboxylic acids is 2. The summed E-state index contributed by atoms with van der Waals surface area (Å²) in [5.41, 5.74) is 1.53. The number of nitrogens with zero attached hydrogens (tertiary/aromatic N) is 3. The normalized spacial score (nSPS) is 15.0. The van der Waals surface area contributed by atoms with Crippen molar-refractivity contribution in [1.29, 1.82) is 0 Å². The standard InChI is InChI=1S/C20H25N3O4S/c1-4-27-19(26)14-7-9-23(10-8-14)17(24)12-28-20-21-16-6-5-13(2)11-15(16)18(25)22(20)3/h5-6,11,14H,4,7-10,12H2,1-3H3. The molecule has 0 spiro atoms. The van der Waals surface area contributed by atoms with Crippen molar-refractivity contribution < 1.29 is 14.3 Å². The molecule has 0 saturated carbocycles. The van der Waals surface area contributed by atoms with E-state index in [-0.39, 0.29) is 29.1 Å². The number of aromatic nitrogens is 2. The minimum Gasteiger partial charge on any atom is -0.466 e. The van der Waals surface area contributed by atoms with E-state index in [0.29, 0.717) is 48.6 Å². The molecule has 1 fully saturated rings. The van der Waals surface area contributed by atoms with Gasteiger partial charge in [-0.3, -0.25) is 19.0 Å². The lowest BCUT2D eigenvalue weighted by Gasteiger charge is -2.30. The summed E-state index contributed by atoms with van der Waals surface area (Å²) in [6, 6.07) is 5.58. The highest BCUT2D eigenvalue weighted by Gasteiger charge is 2.28. The molecule has 1 amide bonds. The predicted octanol–water partition coefficient (Wildman–Crippen LogP) is 2.14. The van der Waals surface area contributed by atoms with Crippen molar-refractivity contribution in [3.63, 3.8) is 0 Å². The molecule has 3 rings (SSSR count). The van der Waals surface area contributed by atoms with E-state index in [1.54, 1.807) is 18.9 Å². The van der Waals surface area contributed by atoms with E-state index >= 15 is 0 Å². The second-order valence-electron chi connectivity index (χ2n) is 6.97. The van der Waals surface area contributed by atoms with Gasteiger partial charge in [0.1, 0.15) is 0 Å². The van der Waals surface area contributed by atoms with Gasteiger partial charge in [-0.25, -0.2) is 4.98 Å². The number of ether oxygens (including phenoxy) is 1. The molecule has 0 unspecified atom stereocenters. The number of esters is 1. The Morgan fingerprint density at radius 2 is 2.00 bits per heavy atom. The fraction of sp³-hybridized carbons (Fsp3) is 0.500. The van der Waals surface area contributed by atoms with Gasteiger partial charge in [0.15, 0.2) is 5.16 Å². The van der Waals surface area contributed by atoms with Crippen LogP contribution in [0.3, 0.4) is 0 Å². The van der Waals surface area contributed by atoms with Crippen molar-refractivity contribution >= 4 is 34.5 Å². The van der Waals surface area contributed by atoms with E-state index in [1.807, 2.05) is 25.1 Å². The highest BCUT2D eigenvalue weighted by atomic mass is 32.2. The molecule has 0 aliphatic carbocycles. The second-order valence-corrected chi connectivity index (χ2v) is 7.92. The monoisotopic (exact) mass is 403 g/mol. The SMILES string of the molecule is CCOC(=O)C1CCN(C(=O)CSc2nc3ccc(C)cc3c(=O)n2C)CC1. The van der Waals surface area contributed by atoms with Gasteiger partial charge in [-0.15, -0.1) is 0 Å². The zero-order valence-electron chi connectivity index (χ0n) is 16.4. The molecular formula is C20H25N3O4S. The number of aryl methyl sites for hydroxylation is 1. The Hall–Kier alpha value is -2.35. The highest BCUT2D eigenvalue weighted by Crippen LogP contribution is 2.22. The summed E-state index contributed by atoms with van der Waals surface area (Å²) in [6.07, 6.45) is 1.25. The van der Waals surface area contributed by atoms with E-state index in [1.165, 1.54) is 16.3 Å². The number of benzene rings is 1. The zero-order chi connectivity index (χ0) is 20.3. The first-order chi connectivity index (χ1) is 13.4. The van der Waals surface area contributed by atoms with Gasteiger partial charge in [-0.2, -0.15) is 0 Å². The van der Waals surface area contributed by atoms with E-state index in [9.17, 15) is 14.4 Å². The molecule has 2 heterocycles. The van der Waals surface area contributed by atoms with Crippen LogP contribution < -0.4 is 5.56 Å². The Balaban J connectivity index is 1.62. The molecule has 0 atom stereocenters. The van der Waals surface area contributed by atoms with Crippen LogP contribution in [0.25, 0.3) is 10.9 Å². The average Bonchev–Trinajstić information content (AvgIpc) is 2.70. The highest BCUT2D eigenvalue weighted by molar-refractivity contribution is 7.99. The quantitative estimate of drug-likeness (QED) is 0.432. The number of hydrogen-bond acceptors (Lipinski definition) is 6. The van der Waals surface area contributed by atoms with Crippen molar-refractivity contribution in [2.75, 3.05) is 25.4 Å².